The van der Waals surface area contributed by atoms with Crippen molar-refractivity contribution >= 4 is 29.2 Å². The highest BCUT2D eigenvalue weighted by Gasteiger charge is 2.24. The zero-order valence-electron chi connectivity index (χ0n) is 18.8. The van der Waals surface area contributed by atoms with Crippen LogP contribution in [0.1, 0.15) is 33.3 Å². The Morgan fingerprint density at radius 2 is 2.14 bits per heavy atom. The van der Waals surface area contributed by atoms with E-state index in [1.165, 1.54) is 23.9 Å². The maximum Gasteiger partial charge on any atom is 0.354 e. The van der Waals surface area contributed by atoms with Gasteiger partial charge in [-0.25, -0.2) is 19.2 Å². The Balaban J connectivity index is 1.69. The van der Waals surface area contributed by atoms with Crippen molar-refractivity contribution < 1.29 is 23.5 Å². The summed E-state index contributed by atoms with van der Waals surface area (Å²) in [4.78, 5) is 36.4. The smallest absolute Gasteiger partial charge is 0.354 e. The Kier molecular flexibility index (Phi) is 5.43. The molecule has 35 heavy (non-hydrogen) atoms. The lowest BCUT2D eigenvalue weighted by Crippen LogP contribution is -2.33. The molecule has 0 fully saturated rings. The number of halogens is 1. The average Bonchev–Trinajstić information content (AvgIpc) is 3.49. The lowest BCUT2D eigenvalue weighted by molar-refractivity contribution is 0.0594. The Morgan fingerprint density at radius 3 is 2.94 bits per heavy atom. The van der Waals surface area contributed by atoms with Crippen LogP contribution in [0.3, 0.4) is 0 Å². The van der Waals surface area contributed by atoms with Gasteiger partial charge in [0.25, 0.3) is 5.91 Å². The number of pyridine rings is 1. The number of nitrogens with one attached hydrogen (secondary N) is 3. The summed E-state index contributed by atoms with van der Waals surface area (Å²) in [6, 6.07) is 2.86. The summed E-state index contributed by atoms with van der Waals surface area (Å²) in [5, 5.41) is 10.2. The number of hydrogen-bond donors (Lipinski definition) is 4. The standard InChI is InChI=1S/C22H21FN8O4/c1-10-5-27-20(32)14-9-29-31-17(24)16(11-4-15(25-6-11)22(33)34-2)18(30-19(14)31)26-7-12-3-13(23)8-28-21(12)35-10/h3-4,6,8-10,25H,5,7,24H2,1-2H3,(H,26,30)(H,27,32). The van der Waals surface area contributed by atoms with E-state index in [1.807, 2.05) is 0 Å². The van der Waals surface area contributed by atoms with E-state index in [4.69, 9.17) is 15.2 Å². The molecule has 0 saturated carbocycles. The second kappa shape index (κ2) is 8.59. The number of H-pyrrole nitrogens is 1. The molecule has 0 aromatic carbocycles. The van der Waals surface area contributed by atoms with Crippen LogP contribution in [0.5, 0.6) is 5.88 Å². The molecule has 4 aromatic heterocycles. The van der Waals surface area contributed by atoms with Gasteiger partial charge in [0.1, 0.15) is 34.8 Å². The first-order chi connectivity index (χ1) is 16.9. The number of nitrogen functional groups attached to an aromatic ring is 1. The van der Waals surface area contributed by atoms with Gasteiger partial charge in [0.15, 0.2) is 5.65 Å². The van der Waals surface area contributed by atoms with Crippen LogP contribution in [0.2, 0.25) is 0 Å². The minimum Gasteiger partial charge on any atom is -0.473 e. The molecule has 180 valence electrons. The molecule has 2 bridgehead atoms. The summed E-state index contributed by atoms with van der Waals surface area (Å²) in [5.41, 5.74) is 8.49. The van der Waals surface area contributed by atoms with E-state index in [-0.39, 0.29) is 47.5 Å². The number of rotatable bonds is 2. The molecule has 0 saturated heterocycles. The fraction of sp³-hybridized carbons (Fsp3) is 0.227. The van der Waals surface area contributed by atoms with Crippen LogP contribution in [-0.2, 0) is 11.3 Å². The van der Waals surface area contributed by atoms with Crippen LogP contribution >= 0.6 is 0 Å². The molecule has 0 aliphatic carbocycles. The van der Waals surface area contributed by atoms with Crippen LogP contribution < -0.4 is 21.1 Å². The van der Waals surface area contributed by atoms with Crippen molar-refractivity contribution in [2.45, 2.75) is 19.6 Å². The van der Waals surface area contributed by atoms with Crippen LogP contribution in [0.4, 0.5) is 16.0 Å². The number of nitrogens with two attached hydrogens (primary N) is 1. The van der Waals surface area contributed by atoms with E-state index >= 15 is 0 Å². The van der Waals surface area contributed by atoms with Crippen molar-refractivity contribution in [3.8, 4) is 17.0 Å². The Labute approximate surface area is 197 Å². The van der Waals surface area contributed by atoms with Crippen molar-refractivity contribution in [3.05, 3.63) is 53.4 Å². The number of fused-ring (bicyclic) bond motifs is 2. The van der Waals surface area contributed by atoms with Gasteiger partial charge >= 0.3 is 5.97 Å². The molecule has 1 atom stereocenters. The summed E-state index contributed by atoms with van der Waals surface area (Å²) in [5.74, 6) is -0.840. The SMILES string of the molecule is COC(=O)c1cc(-c2c3nc4c(cnn4c2N)C(=O)NCC(C)Oc2ncc(F)cc2CN3)c[nH]1. The quantitative estimate of drug-likeness (QED) is 0.313. The number of methoxy groups -OCH3 is 1. The Hall–Kier alpha value is -4.68. The monoisotopic (exact) mass is 480 g/mol. The molecule has 1 unspecified atom stereocenters. The van der Waals surface area contributed by atoms with Crippen LogP contribution in [0.15, 0.2) is 30.7 Å². The number of amides is 1. The van der Waals surface area contributed by atoms with Gasteiger partial charge in [-0.05, 0) is 19.1 Å². The summed E-state index contributed by atoms with van der Waals surface area (Å²) < 4.78 is 26.0. The summed E-state index contributed by atoms with van der Waals surface area (Å²) in [7, 11) is 1.27. The highest BCUT2D eigenvalue weighted by atomic mass is 19.1. The fourth-order valence-corrected chi connectivity index (χ4v) is 3.80. The number of aromatic amines is 1. The number of nitrogens with zero attached hydrogens (tertiary/aromatic N) is 4. The molecule has 1 aliphatic rings. The number of aromatic nitrogens is 5. The number of carbonyl (C=O) groups is 2. The van der Waals surface area contributed by atoms with E-state index in [2.05, 4.69) is 30.7 Å². The number of anilines is 2. The van der Waals surface area contributed by atoms with E-state index in [9.17, 15) is 14.0 Å². The van der Waals surface area contributed by atoms with E-state index in [0.29, 0.717) is 16.7 Å². The molecular formula is C22H21FN8O4. The van der Waals surface area contributed by atoms with E-state index in [0.717, 1.165) is 6.20 Å². The molecule has 1 amide bonds. The van der Waals surface area contributed by atoms with Gasteiger partial charge in [-0.3, -0.25) is 4.79 Å². The second-order valence-electron chi connectivity index (χ2n) is 7.92. The molecular weight excluding hydrogens is 459 g/mol. The van der Waals surface area contributed by atoms with Gasteiger partial charge in [-0.15, -0.1) is 0 Å². The highest BCUT2D eigenvalue weighted by molar-refractivity contribution is 6.01. The van der Waals surface area contributed by atoms with Crippen molar-refractivity contribution in [2.24, 2.45) is 0 Å². The number of ether oxygens (including phenoxy) is 2. The number of hydrogen-bond acceptors (Lipinski definition) is 9. The van der Waals surface area contributed by atoms with Crippen molar-refractivity contribution in [3.63, 3.8) is 0 Å². The first kappa shape index (κ1) is 22.1. The lowest BCUT2D eigenvalue weighted by Gasteiger charge is -2.17. The van der Waals surface area contributed by atoms with Crippen molar-refractivity contribution in [2.75, 3.05) is 24.7 Å². The Morgan fingerprint density at radius 1 is 1.31 bits per heavy atom. The molecule has 5 heterocycles. The third-order valence-electron chi connectivity index (χ3n) is 5.51. The zero-order chi connectivity index (χ0) is 24.7. The zero-order valence-corrected chi connectivity index (χ0v) is 18.8. The normalized spacial score (nSPS) is 15.7. The van der Waals surface area contributed by atoms with Gasteiger partial charge in [0.05, 0.1) is 31.6 Å². The average molecular weight is 480 g/mol. The second-order valence-corrected chi connectivity index (χ2v) is 7.92. The number of carbonyl (C=O) groups excluding carboxylic acids is 2. The van der Waals surface area contributed by atoms with Crippen LogP contribution in [0, 0.1) is 5.82 Å². The predicted molar refractivity (Wildman–Crippen MR) is 122 cm³/mol. The van der Waals surface area contributed by atoms with Gasteiger partial charge in [-0.1, -0.05) is 0 Å². The third-order valence-corrected chi connectivity index (χ3v) is 5.51. The molecule has 4 aromatic rings. The van der Waals surface area contributed by atoms with Gasteiger partial charge in [-0.2, -0.15) is 9.61 Å². The molecule has 0 radical (unpaired) electrons. The van der Waals surface area contributed by atoms with Crippen LogP contribution in [-0.4, -0.2) is 56.2 Å². The number of esters is 1. The largest absolute Gasteiger partial charge is 0.473 e. The molecule has 5 rings (SSSR count). The van der Waals surface area contributed by atoms with Crippen molar-refractivity contribution in [1.29, 1.82) is 0 Å². The van der Waals surface area contributed by atoms with Gasteiger partial charge in [0, 0.05) is 23.9 Å². The summed E-state index contributed by atoms with van der Waals surface area (Å²) >= 11 is 0. The molecule has 12 nitrogen and oxygen atoms in total. The molecule has 0 spiro atoms. The van der Waals surface area contributed by atoms with Gasteiger partial charge in [0.2, 0.25) is 5.88 Å². The molecule has 1 aliphatic heterocycles. The molecule has 13 heteroatoms. The maximum atomic E-state index is 14.0. The van der Waals surface area contributed by atoms with Crippen LogP contribution in [0.25, 0.3) is 16.8 Å². The fourth-order valence-electron chi connectivity index (χ4n) is 3.80. The minimum atomic E-state index is -0.559. The van der Waals surface area contributed by atoms with Gasteiger partial charge < -0.3 is 30.8 Å². The lowest BCUT2D eigenvalue weighted by atomic mass is 10.1. The maximum absolute atomic E-state index is 14.0. The highest BCUT2D eigenvalue weighted by Crippen LogP contribution is 2.35. The van der Waals surface area contributed by atoms with E-state index < -0.39 is 23.8 Å². The topological polar surface area (TPSA) is 162 Å². The molecule has 5 N–H and O–H groups in total. The van der Waals surface area contributed by atoms with Crippen molar-refractivity contribution in [1.82, 2.24) is 29.9 Å². The van der Waals surface area contributed by atoms with E-state index in [1.54, 1.807) is 19.2 Å². The minimum absolute atomic E-state index is 0.0849. The first-order valence-corrected chi connectivity index (χ1v) is 10.6. The summed E-state index contributed by atoms with van der Waals surface area (Å²) in [6.45, 7) is 2.01. The predicted octanol–water partition coefficient (Wildman–Crippen LogP) is 1.75. The summed E-state index contributed by atoms with van der Waals surface area (Å²) in [6.07, 6.45) is 3.55. The Bertz CT molecular complexity index is 1460. The third kappa shape index (κ3) is 3.96. The first-order valence-electron chi connectivity index (χ1n) is 10.6.